The third kappa shape index (κ3) is 2.78. The van der Waals surface area contributed by atoms with Crippen molar-refractivity contribution in [2.75, 3.05) is 0 Å². The van der Waals surface area contributed by atoms with Crippen LogP contribution < -0.4 is 0 Å². The Balaban J connectivity index is 2.20. The number of aliphatic hydroxyl groups excluding tert-OH is 1. The lowest BCUT2D eigenvalue weighted by Crippen LogP contribution is -2.03. The van der Waals surface area contributed by atoms with Gasteiger partial charge in [0, 0.05) is 14.0 Å². The number of aliphatic hydroxyl groups is 1. The van der Waals surface area contributed by atoms with Crippen molar-refractivity contribution in [2.45, 2.75) is 6.10 Å². The molecule has 0 amide bonds. The molecule has 0 heterocycles. The van der Waals surface area contributed by atoms with E-state index in [0.717, 1.165) is 9.13 Å². The van der Waals surface area contributed by atoms with Crippen LogP contribution in [0.3, 0.4) is 0 Å². The maximum atomic E-state index is 13.9. The molecule has 3 aromatic carbocycles. The summed E-state index contributed by atoms with van der Waals surface area (Å²) in [5.74, 6) is -0.289. The van der Waals surface area contributed by atoms with E-state index in [2.05, 4.69) is 22.6 Å². The van der Waals surface area contributed by atoms with E-state index in [9.17, 15) is 9.50 Å². The van der Waals surface area contributed by atoms with Gasteiger partial charge in [-0.2, -0.15) is 0 Å². The van der Waals surface area contributed by atoms with Crippen molar-refractivity contribution in [3.63, 3.8) is 0 Å². The van der Waals surface area contributed by atoms with Crippen LogP contribution in [0.4, 0.5) is 4.39 Å². The monoisotopic (exact) mass is 412 g/mol. The van der Waals surface area contributed by atoms with Gasteiger partial charge in [-0.3, -0.25) is 0 Å². The molecule has 0 saturated heterocycles. The van der Waals surface area contributed by atoms with Gasteiger partial charge < -0.3 is 5.11 Å². The van der Waals surface area contributed by atoms with Gasteiger partial charge in [-0.15, -0.1) is 0 Å². The molecule has 3 rings (SSSR count). The third-order valence-corrected chi connectivity index (χ3v) is 4.67. The highest BCUT2D eigenvalue weighted by Gasteiger charge is 2.17. The smallest absolute Gasteiger partial charge is 0.131 e. The van der Waals surface area contributed by atoms with E-state index in [1.807, 2.05) is 18.2 Å². The fourth-order valence-electron chi connectivity index (χ4n) is 2.42. The molecule has 1 nitrogen and oxygen atoms in total. The van der Waals surface area contributed by atoms with Crippen LogP contribution in [0.2, 0.25) is 5.02 Å². The van der Waals surface area contributed by atoms with Gasteiger partial charge in [-0.05, 0) is 63.4 Å². The molecule has 0 radical (unpaired) electrons. The summed E-state index contributed by atoms with van der Waals surface area (Å²) in [5.41, 5.74) is 1.40. The zero-order valence-corrected chi connectivity index (χ0v) is 13.8. The first-order valence-corrected chi connectivity index (χ1v) is 7.84. The van der Waals surface area contributed by atoms with Gasteiger partial charge in [-0.1, -0.05) is 41.9 Å². The molecule has 21 heavy (non-hydrogen) atoms. The Morgan fingerprint density at radius 1 is 0.952 bits per heavy atom. The topological polar surface area (TPSA) is 20.2 Å². The number of rotatable bonds is 2. The molecule has 0 saturated carbocycles. The Hall–Kier alpha value is -1.17. The molecule has 0 fully saturated rings. The second-order valence-electron chi connectivity index (χ2n) is 4.75. The largest absolute Gasteiger partial charge is 0.384 e. The molecule has 0 aliphatic carbocycles. The number of halogens is 3. The quantitative estimate of drug-likeness (QED) is 0.565. The van der Waals surface area contributed by atoms with Gasteiger partial charge in [0.2, 0.25) is 0 Å². The third-order valence-electron chi connectivity index (χ3n) is 3.45. The fraction of sp³-hybridized carbons (Fsp3) is 0.0588. The van der Waals surface area contributed by atoms with Crippen LogP contribution in [-0.4, -0.2) is 5.11 Å². The molecule has 4 heteroatoms. The van der Waals surface area contributed by atoms with Crippen molar-refractivity contribution in [3.05, 3.63) is 80.1 Å². The maximum absolute atomic E-state index is 13.9. The van der Waals surface area contributed by atoms with Crippen molar-refractivity contribution in [2.24, 2.45) is 0 Å². The first-order valence-electron chi connectivity index (χ1n) is 6.38. The minimum atomic E-state index is -0.846. The van der Waals surface area contributed by atoms with Crippen LogP contribution in [0.1, 0.15) is 17.2 Å². The zero-order chi connectivity index (χ0) is 15.0. The Morgan fingerprint density at radius 3 is 2.43 bits per heavy atom. The Kier molecular flexibility index (Phi) is 4.15. The van der Waals surface area contributed by atoms with Crippen LogP contribution >= 0.6 is 34.2 Å². The summed E-state index contributed by atoms with van der Waals surface area (Å²) in [5, 5.41) is 12.5. The van der Waals surface area contributed by atoms with Crippen LogP contribution in [-0.2, 0) is 0 Å². The minimum absolute atomic E-state index is 0.289. The second kappa shape index (κ2) is 5.91. The molecule has 0 aliphatic rings. The molecule has 3 aromatic rings. The van der Waals surface area contributed by atoms with Crippen LogP contribution in [0.5, 0.6) is 0 Å². The van der Waals surface area contributed by atoms with Crippen molar-refractivity contribution in [1.82, 2.24) is 0 Å². The SMILES string of the molecule is OC(c1cc(Cl)ccc1I)c1ccc(F)c2ccccc12. The van der Waals surface area contributed by atoms with E-state index in [1.54, 1.807) is 30.3 Å². The molecule has 1 unspecified atom stereocenters. The predicted molar refractivity (Wildman–Crippen MR) is 92.1 cm³/mol. The summed E-state index contributed by atoms with van der Waals surface area (Å²) in [6.07, 6.45) is -0.846. The predicted octanol–water partition coefficient (Wildman–Crippen LogP) is 5.32. The summed E-state index contributed by atoms with van der Waals surface area (Å²) in [4.78, 5) is 0. The van der Waals surface area contributed by atoms with Gasteiger partial charge in [0.1, 0.15) is 11.9 Å². The van der Waals surface area contributed by atoms with Crippen molar-refractivity contribution in [3.8, 4) is 0 Å². The molecule has 0 spiro atoms. The van der Waals surface area contributed by atoms with Crippen molar-refractivity contribution >= 4 is 45.0 Å². The summed E-state index contributed by atoms with van der Waals surface area (Å²) in [6, 6.07) is 15.5. The zero-order valence-electron chi connectivity index (χ0n) is 10.9. The van der Waals surface area contributed by atoms with Crippen LogP contribution in [0.25, 0.3) is 10.8 Å². The van der Waals surface area contributed by atoms with E-state index < -0.39 is 6.10 Å². The minimum Gasteiger partial charge on any atom is -0.384 e. The highest BCUT2D eigenvalue weighted by atomic mass is 127. The summed E-state index contributed by atoms with van der Waals surface area (Å²) in [6.45, 7) is 0. The van der Waals surface area contributed by atoms with Crippen LogP contribution in [0.15, 0.2) is 54.6 Å². The number of fused-ring (bicyclic) bond motifs is 1. The fourth-order valence-corrected chi connectivity index (χ4v) is 3.23. The lowest BCUT2D eigenvalue weighted by molar-refractivity contribution is 0.221. The molecule has 106 valence electrons. The molecule has 1 N–H and O–H groups in total. The van der Waals surface area contributed by atoms with Crippen LogP contribution in [0, 0.1) is 9.39 Å². The Morgan fingerprint density at radius 2 is 1.67 bits per heavy atom. The van der Waals surface area contributed by atoms with Gasteiger partial charge in [0.05, 0.1) is 0 Å². The van der Waals surface area contributed by atoms with Gasteiger partial charge in [-0.25, -0.2) is 4.39 Å². The highest BCUT2D eigenvalue weighted by Crippen LogP contribution is 2.33. The molecule has 0 aliphatic heterocycles. The van der Waals surface area contributed by atoms with Gasteiger partial charge in [0.25, 0.3) is 0 Å². The van der Waals surface area contributed by atoms with E-state index in [0.29, 0.717) is 21.4 Å². The van der Waals surface area contributed by atoms with E-state index in [4.69, 9.17) is 11.6 Å². The standard InChI is InChI=1S/C17H11ClFIO/c18-10-5-8-16(20)14(9-10)17(21)13-6-7-15(19)12-4-2-1-3-11(12)13/h1-9,17,21H. The Labute approximate surface area is 140 Å². The maximum Gasteiger partial charge on any atom is 0.131 e. The number of hydrogen-bond acceptors (Lipinski definition) is 1. The van der Waals surface area contributed by atoms with E-state index >= 15 is 0 Å². The first-order chi connectivity index (χ1) is 10.1. The number of benzene rings is 3. The van der Waals surface area contributed by atoms with E-state index in [1.165, 1.54) is 6.07 Å². The normalized spacial score (nSPS) is 12.6. The second-order valence-corrected chi connectivity index (χ2v) is 6.35. The van der Waals surface area contributed by atoms with Gasteiger partial charge in [0.15, 0.2) is 0 Å². The molecule has 1 atom stereocenters. The van der Waals surface area contributed by atoms with E-state index in [-0.39, 0.29) is 5.82 Å². The lowest BCUT2D eigenvalue weighted by Gasteiger charge is -2.16. The van der Waals surface area contributed by atoms with Crippen molar-refractivity contribution < 1.29 is 9.50 Å². The molecular formula is C17H11ClFIO. The first kappa shape index (κ1) is 14.8. The van der Waals surface area contributed by atoms with Crippen molar-refractivity contribution in [1.29, 1.82) is 0 Å². The average molecular weight is 413 g/mol. The highest BCUT2D eigenvalue weighted by molar-refractivity contribution is 14.1. The summed E-state index contributed by atoms with van der Waals surface area (Å²) in [7, 11) is 0. The summed E-state index contributed by atoms with van der Waals surface area (Å²) >= 11 is 8.17. The average Bonchev–Trinajstić information content (AvgIpc) is 2.50. The summed E-state index contributed by atoms with van der Waals surface area (Å²) < 4.78 is 14.8. The molecule has 0 aromatic heterocycles. The number of hydrogen-bond donors (Lipinski definition) is 1. The van der Waals surface area contributed by atoms with Gasteiger partial charge >= 0.3 is 0 Å². The molecular weight excluding hydrogens is 402 g/mol. The Bertz CT molecular complexity index is 819. The lowest BCUT2D eigenvalue weighted by atomic mass is 9.95. The molecule has 0 bridgehead atoms.